The second kappa shape index (κ2) is 7.26. The summed E-state index contributed by atoms with van der Waals surface area (Å²) in [5, 5.41) is 1.10. The van der Waals surface area contributed by atoms with Crippen LogP contribution in [0.3, 0.4) is 0 Å². The fourth-order valence-electron chi connectivity index (χ4n) is 3.71. The lowest BCUT2D eigenvalue weighted by Crippen LogP contribution is -2.36. The Morgan fingerprint density at radius 3 is 2.54 bits per heavy atom. The molecule has 4 rings (SSSR count). The van der Waals surface area contributed by atoms with Crippen molar-refractivity contribution in [3.63, 3.8) is 0 Å². The van der Waals surface area contributed by atoms with Crippen LogP contribution in [0.5, 0.6) is 0 Å². The molecular formula is C20H19F3N4O. The molecule has 0 amide bonds. The normalized spacial score (nSPS) is 15.9. The van der Waals surface area contributed by atoms with Gasteiger partial charge in [0.2, 0.25) is 0 Å². The number of aromatic nitrogens is 3. The summed E-state index contributed by atoms with van der Waals surface area (Å²) in [4.78, 5) is 22.1. The van der Waals surface area contributed by atoms with Crippen LogP contribution in [0.4, 0.5) is 18.9 Å². The zero-order chi connectivity index (χ0) is 19.7. The molecule has 8 heteroatoms. The number of alkyl halides is 3. The highest BCUT2D eigenvalue weighted by Crippen LogP contribution is 2.30. The number of hydrogen-bond acceptors (Lipinski definition) is 4. The lowest BCUT2D eigenvalue weighted by molar-refractivity contribution is -0.141. The summed E-state index contributed by atoms with van der Waals surface area (Å²) in [6.07, 6.45) is -0.0871. The Labute approximate surface area is 159 Å². The average Bonchev–Trinajstić information content (AvgIpc) is 2.69. The molecule has 3 aromatic rings. The first-order chi connectivity index (χ1) is 13.4. The fraction of sp³-hybridized carbons (Fsp3) is 0.350. The Morgan fingerprint density at radius 2 is 1.82 bits per heavy atom. The number of pyridine rings is 1. The number of halogens is 3. The van der Waals surface area contributed by atoms with Crippen molar-refractivity contribution in [3.8, 4) is 0 Å². The van der Waals surface area contributed by atoms with Gasteiger partial charge in [-0.15, -0.1) is 0 Å². The standard InChI is InChI=1S/C20H19F3N4O/c21-20(22,23)18-11-19(28)27(13-25-18)12-14-6-9-26(10-7-14)17-5-8-24-16-4-2-1-3-15(16)17/h1-5,8,11,13-14H,6-7,9-10,12H2. The Morgan fingerprint density at radius 1 is 1.07 bits per heavy atom. The van der Waals surface area contributed by atoms with E-state index in [0.29, 0.717) is 12.6 Å². The largest absolute Gasteiger partial charge is 0.433 e. The Bertz CT molecular complexity index is 1030. The first kappa shape index (κ1) is 18.5. The van der Waals surface area contributed by atoms with Crippen LogP contribution in [0.1, 0.15) is 18.5 Å². The van der Waals surface area contributed by atoms with Crippen molar-refractivity contribution in [2.24, 2.45) is 5.92 Å². The zero-order valence-corrected chi connectivity index (χ0v) is 15.1. The van der Waals surface area contributed by atoms with Gasteiger partial charge in [0, 0.05) is 43.0 Å². The molecule has 0 N–H and O–H groups in total. The second-order valence-electron chi connectivity index (χ2n) is 7.04. The first-order valence-corrected chi connectivity index (χ1v) is 9.14. The molecular weight excluding hydrogens is 369 g/mol. The predicted octanol–water partition coefficient (Wildman–Crippen LogP) is 3.73. The summed E-state index contributed by atoms with van der Waals surface area (Å²) < 4.78 is 39.2. The maximum atomic E-state index is 12.7. The molecule has 5 nitrogen and oxygen atoms in total. The predicted molar refractivity (Wildman–Crippen MR) is 100 cm³/mol. The highest BCUT2D eigenvalue weighted by Gasteiger charge is 2.33. The van der Waals surface area contributed by atoms with Crippen LogP contribution in [0.2, 0.25) is 0 Å². The van der Waals surface area contributed by atoms with Crippen molar-refractivity contribution in [1.82, 2.24) is 14.5 Å². The Hall–Kier alpha value is -2.90. The van der Waals surface area contributed by atoms with E-state index >= 15 is 0 Å². The van der Waals surface area contributed by atoms with E-state index in [-0.39, 0.29) is 5.92 Å². The van der Waals surface area contributed by atoms with Crippen LogP contribution >= 0.6 is 0 Å². The molecule has 0 radical (unpaired) electrons. The third kappa shape index (κ3) is 3.72. The summed E-state index contributed by atoms with van der Waals surface area (Å²) >= 11 is 0. The number of rotatable bonds is 3. The molecule has 0 aliphatic carbocycles. The minimum atomic E-state index is -4.60. The highest BCUT2D eigenvalue weighted by molar-refractivity contribution is 5.91. The smallest absolute Gasteiger partial charge is 0.371 e. The molecule has 1 saturated heterocycles. The molecule has 28 heavy (non-hydrogen) atoms. The first-order valence-electron chi connectivity index (χ1n) is 9.14. The number of nitrogens with zero attached hydrogens (tertiary/aromatic N) is 4. The fourth-order valence-corrected chi connectivity index (χ4v) is 3.71. The summed E-state index contributed by atoms with van der Waals surface area (Å²) in [5.74, 6) is 0.223. The molecule has 1 aliphatic rings. The lowest BCUT2D eigenvalue weighted by Gasteiger charge is -2.34. The van der Waals surface area contributed by atoms with Crippen LogP contribution in [0.25, 0.3) is 10.9 Å². The van der Waals surface area contributed by atoms with Crippen molar-refractivity contribution < 1.29 is 13.2 Å². The highest BCUT2D eigenvalue weighted by atomic mass is 19.4. The molecule has 0 saturated carbocycles. The van der Waals surface area contributed by atoms with E-state index in [2.05, 4.69) is 20.9 Å². The van der Waals surface area contributed by atoms with Gasteiger partial charge >= 0.3 is 6.18 Å². The Balaban J connectivity index is 1.44. The second-order valence-corrected chi connectivity index (χ2v) is 7.04. The van der Waals surface area contributed by atoms with Gasteiger partial charge in [-0.3, -0.25) is 14.3 Å². The van der Waals surface area contributed by atoms with Crippen molar-refractivity contribution in [3.05, 3.63) is 65.0 Å². The average molecular weight is 388 g/mol. The molecule has 0 unspecified atom stereocenters. The minimum Gasteiger partial charge on any atom is -0.371 e. The monoisotopic (exact) mass is 388 g/mol. The van der Waals surface area contributed by atoms with Crippen molar-refractivity contribution in [2.75, 3.05) is 18.0 Å². The minimum absolute atomic E-state index is 0.223. The maximum Gasteiger partial charge on any atom is 0.433 e. The maximum absolute atomic E-state index is 12.7. The third-order valence-corrected chi connectivity index (χ3v) is 5.21. The summed E-state index contributed by atoms with van der Waals surface area (Å²) in [6, 6.07) is 10.6. The number of benzene rings is 1. The zero-order valence-electron chi connectivity index (χ0n) is 15.1. The molecule has 1 fully saturated rings. The summed E-state index contributed by atoms with van der Waals surface area (Å²) in [5.41, 5.74) is 0.278. The molecule has 1 aliphatic heterocycles. The molecule has 2 aromatic heterocycles. The quantitative estimate of drug-likeness (QED) is 0.686. The molecule has 1 aromatic carbocycles. The van der Waals surface area contributed by atoms with Gasteiger partial charge in [-0.05, 0) is 30.9 Å². The molecule has 0 atom stereocenters. The van der Waals surface area contributed by atoms with Gasteiger partial charge in [0.25, 0.3) is 5.56 Å². The van der Waals surface area contributed by atoms with E-state index in [1.54, 1.807) is 6.20 Å². The summed E-state index contributed by atoms with van der Waals surface area (Å²) in [6.45, 7) is 2.03. The number of fused-ring (bicyclic) bond motifs is 1. The van der Waals surface area contributed by atoms with E-state index < -0.39 is 17.4 Å². The van der Waals surface area contributed by atoms with Gasteiger partial charge in [0.15, 0.2) is 5.69 Å². The van der Waals surface area contributed by atoms with Gasteiger partial charge in [-0.2, -0.15) is 13.2 Å². The van der Waals surface area contributed by atoms with E-state index in [1.807, 2.05) is 24.3 Å². The topological polar surface area (TPSA) is 51.0 Å². The third-order valence-electron chi connectivity index (χ3n) is 5.21. The van der Waals surface area contributed by atoms with Crippen LogP contribution < -0.4 is 10.5 Å². The van der Waals surface area contributed by atoms with Crippen molar-refractivity contribution in [2.45, 2.75) is 25.6 Å². The van der Waals surface area contributed by atoms with Gasteiger partial charge in [0.1, 0.15) is 0 Å². The van der Waals surface area contributed by atoms with Gasteiger partial charge in [-0.25, -0.2) is 4.98 Å². The molecule has 0 spiro atoms. The van der Waals surface area contributed by atoms with E-state index in [4.69, 9.17) is 0 Å². The van der Waals surface area contributed by atoms with Crippen LogP contribution in [-0.4, -0.2) is 27.6 Å². The molecule has 0 bridgehead atoms. The Kier molecular flexibility index (Phi) is 4.78. The van der Waals surface area contributed by atoms with E-state index in [0.717, 1.165) is 48.8 Å². The SMILES string of the molecule is O=c1cc(C(F)(F)F)ncn1CC1CCN(c2ccnc3ccccc23)CC1. The number of hydrogen-bond donors (Lipinski definition) is 0. The van der Waals surface area contributed by atoms with Crippen molar-refractivity contribution >= 4 is 16.6 Å². The molecule has 3 heterocycles. The molecule has 146 valence electrons. The van der Waals surface area contributed by atoms with E-state index in [9.17, 15) is 18.0 Å². The van der Waals surface area contributed by atoms with Crippen LogP contribution in [0, 0.1) is 5.92 Å². The van der Waals surface area contributed by atoms with Gasteiger partial charge in [-0.1, -0.05) is 18.2 Å². The van der Waals surface area contributed by atoms with E-state index in [1.165, 1.54) is 4.57 Å². The number of piperidine rings is 1. The number of para-hydroxylation sites is 1. The van der Waals surface area contributed by atoms with Crippen LogP contribution in [0.15, 0.2) is 53.7 Å². The van der Waals surface area contributed by atoms with Crippen LogP contribution in [-0.2, 0) is 12.7 Å². The lowest BCUT2D eigenvalue weighted by atomic mass is 9.96. The van der Waals surface area contributed by atoms with Crippen molar-refractivity contribution in [1.29, 1.82) is 0 Å². The van der Waals surface area contributed by atoms with Gasteiger partial charge in [0.05, 0.1) is 11.8 Å². The van der Waals surface area contributed by atoms with Gasteiger partial charge < -0.3 is 4.90 Å². The number of anilines is 1. The summed E-state index contributed by atoms with van der Waals surface area (Å²) in [7, 11) is 0.